The Morgan fingerprint density at radius 1 is 1.23 bits per heavy atom. The maximum Gasteiger partial charge on any atom is 0.488 e. The molecule has 0 fully saturated rings. The minimum atomic E-state index is -4.60. The van der Waals surface area contributed by atoms with Gasteiger partial charge in [-0.3, -0.25) is 0 Å². The van der Waals surface area contributed by atoms with Gasteiger partial charge in [-0.25, -0.2) is 0 Å². The van der Waals surface area contributed by atoms with Crippen LogP contribution in [0.4, 0.5) is 13.2 Å². The first-order valence-corrected chi connectivity index (χ1v) is 3.48. The van der Waals surface area contributed by atoms with Crippen molar-refractivity contribution >= 4 is 7.12 Å². The molecule has 0 unspecified atom stereocenters. The van der Waals surface area contributed by atoms with Crippen molar-refractivity contribution in [1.29, 1.82) is 0 Å². The monoisotopic (exact) mass is 194 g/mol. The maximum absolute atomic E-state index is 12.2. The molecule has 6 heteroatoms. The van der Waals surface area contributed by atoms with Gasteiger partial charge in [0.25, 0.3) is 0 Å². The largest absolute Gasteiger partial charge is 0.488 e. The number of rotatable bonds is 2. The van der Waals surface area contributed by atoms with Gasteiger partial charge in [0.15, 0.2) is 0 Å². The van der Waals surface area contributed by atoms with E-state index in [1.807, 2.05) is 0 Å². The van der Waals surface area contributed by atoms with Crippen molar-refractivity contribution in [2.45, 2.75) is 20.0 Å². The number of hydrogen-bond acceptors (Lipinski definition) is 2. The van der Waals surface area contributed by atoms with Crippen molar-refractivity contribution in [2.24, 2.45) is 0 Å². The van der Waals surface area contributed by atoms with Crippen LogP contribution in [0.3, 0.4) is 0 Å². The predicted octanol–water partition coefficient (Wildman–Crippen LogP) is 1.45. The smallest absolute Gasteiger partial charge is 0.423 e. The second-order valence-electron chi connectivity index (χ2n) is 2.77. The topological polar surface area (TPSA) is 40.5 Å². The summed E-state index contributed by atoms with van der Waals surface area (Å²) in [4.78, 5) is 0. The molecule has 0 aliphatic rings. The summed E-state index contributed by atoms with van der Waals surface area (Å²) < 4.78 is 36.7. The number of hydrogen-bond donors (Lipinski definition) is 2. The molecule has 0 amide bonds. The molecule has 0 aromatic heterocycles. The quantitative estimate of drug-likeness (QED) is 0.515. The van der Waals surface area contributed by atoms with E-state index >= 15 is 0 Å². The van der Waals surface area contributed by atoms with E-state index in [1.54, 1.807) is 0 Å². The second-order valence-corrected chi connectivity index (χ2v) is 2.77. The summed E-state index contributed by atoms with van der Waals surface area (Å²) in [7, 11) is -2.17. The van der Waals surface area contributed by atoms with Crippen LogP contribution in [0, 0.1) is 0 Å². The van der Waals surface area contributed by atoms with Crippen LogP contribution < -0.4 is 0 Å². The van der Waals surface area contributed by atoms with Crippen LogP contribution in [-0.2, 0) is 0 Å². The molecule has 0 saturated heterocycles. The molecule has 0 atom stereocenters. The third kappa shape index (κ3) is 3.24. The summed E-state index contributed by atoms with van der Waals surface area (Å²) in [5, 5.41) is 17.1. The van der Waals surface area contributed by atoms with Crippen LogP contribution in [0.25, 0.3) is 0 Å². The Hall–Kier alpha value is -0.745. The van der Waals surface area contributed by atoms with E-state index < -0.39 is 24.3 Å². The zero-order chi connectivity index (χ0) is 10.8. The lowest BCUT2D eigenvalue weighted by atomic mass is 9.74. The fourth-order valence-electron chi connectivity index (χ4n) is 0.916. The van der Waals surface area contributed by atoms with E-state index in [-0.39, 0.29) is 5.57 Å². The first-order valence-electron chi connectivity index (χ1n) is 3.48. The summed E-state index contributed by atoms with van der Waals surface area (Å²) >= 11 is 0. The third-order valence-electron chi connectivity index (χ3n) is 1.42. The highest BCUT2D eigenvalue weighted by atomic mass is 19.4. The van der Waals surface area contributed by atoms with Crippen molar-refractivity contribution < 1.29 is 23.2 Å². The van der Waals surface area contributed by atoms with E-state index in [2.05, 4.69) is 6.58 Å². The number of alkyl halides is 3. The second kappa shape index (κ2) is 3.98. The van der Waals surface area contributed by atoms with Crippen molar-refractivity contribution in [3.63, 3.8) is 0 Å². The van der Waals surface area contributed by atoms with Gasteiger partial charge in [0.1, 0.15) is 0 Å². The normalized spacial score (nSPS) is 11.0. The van der Waals surface area contributed by atoms with Crippen LogP contribution in [0.2, 0.25) is 0 Å². The predicted molar refractivity (Wildman–Crippen MR) is 43.8 cm³/mol. The molecule has 0 aliphatic carbocycles. The Labute approximate surface area is 74.5 Å². The van der Waals surface area contributed by atoms with E-state index in [1.165, 1.54) is 13.8 Å². The Kier molecular flexibility index (Phi) is 3.75. The SMILES string of the molecule is C=C(B(O)O)C(=C(C)C)C(F)(F)F. The number of halogens is 3. The average Bonchev–Trinajstić information content (AvgIpc) is 1.82. The van der Waals surface area contributed by atoms with Gasteiger partial charge < -0.3 is 10.0 Å². The fourth-order valence-corrected chi connectivity index (χ4v) is 0.916. The zero-order valence-corrected chi connectivity index (χ0v) is 7.31. The van der Waals surface area contributed by atoms with E-state index in [9.17, 15) is 13.2 Å². The summed E-state index contributed by atoms with van der Waals surface area (Å²) in [5.41, 5.74) is -1.85. The van der Waals surface area contributed by atoms with Crippen LogP contribution in [-0.4, -0.2) is 23.3 Å². The van der Waals surface area contributed by atoms with Gasteiger partial charge in [0.2, 0.25) is 0 Å². The molecule has 0 rings (SSSR count). The van der Waals surface area contributed by atoms with Gasteiger partial charge in [0.05, 0.1) is 5.57 Å². The van der Waals surface area contributed by atoms with E-state index in [0.29, 0.717) is 0 Å². The molecule has 0 bridgehead atoms. The van der Waals surface area contributed by atoms with Crippen molar-refractivity contribution in [2.75, 3.05) is 0 Å². The first kappa shape index (κ1) is 12.3. The molecule has 74 valence electrons. The Morgan fingerprint density at radius 2 is 1.62 bits per heavy atom. The third-order valence-corrected chi connectivity index (χ3v) is 1.42. The Morgan fingerprint density at radius 3 is 1.69 bits per heavy atom. The Bertz CT molecular complexity index is 239. The lowest BCUT2D eigenvalue weighted by molar-refractivity contribution is -0.0897. The molecule has 2 nitrogen and oxygen atoms in total. The van der Waals surface area contributed by atoms with Crippen LogP contribution in [0.1, 0.15) is 13.8 Å². The molecule has 2 N–H and O–H groups in total. The fraction of sp³-hybridized carbons (Fsp3) is 0.429. The van der Waals surface area contributed by atoms with Crippen molar-refractivity contribution in [1.82, 2.24) is 0 Å². The molecule has 0 saturated carbocycles. The van der Waals surface area contributed by atoms with Crippen molar-refractivity contribution in [3.05, 3.63) is 23.2 Å². The maximum atomic E-state index is 12.2. The lowest BCUT2D eigenvalue weighted by Crippen LogP contribution is -2.25. The zero-order valence-electron chi connectivity index (χ0n) is 7.31. The lowest BCUT2D eigenvalue weighted by Gasteiger charge is -2.15. The summed E-state index contributed by atoms with van der Waals surface area (Å²) in [5.74, 6) is 0. The molecule has 0 aromatic carbocycles. The van der Waals surface area contributed by atoms with Crippen molar-refractivity contribution in [3.8, 4) is 0 Å². The molecule has 0 spiro atoms. The highest BCUT2D eigenvalue weighted by Gasteiger charge is 2.39. The summed E-state index contributed by atoms with van der Waals surface area (Å²) in [6.45, 7) is 5.43. The molecule has 0 radical (unpaired) electrons. The molecule has 0 aromatic rings. The average molecular weight is 194 g/mol. The first-order chi connectivity index (χ1) is 5.68. The van der Waals surface area contributed by atoms with Gasteiger partial charge in [-0.2, -0.15) is 13.2 Å². The molecule has 13 heavy (non-hydrogen) atoms. The minimum absolute atomic E-state index is 0.0504. The van der Waals surface area contributed by atoms with Gasteiger partial charge >= 0.3 is 13.3 Å². The molecule has 0 aliphatic heterocycles. The minimum Gasteiger partial charge on any atom is -0.423 e. The standard InChI is InChI=1S/C7H10BF3O2/c1-4(2)6(7(9,10)11)5(3)8(12)13/h12-13H,3H2,1-2H3. The summed E-state index contributed by atoms with van der Waals surface area (Å²) in [6.07, 6.45) is -4.60. The molecular weight excluding hydrogens is 184 g/mol. The highest BCUT2D eigenvalue weighted by Crippen LogP contribution is 2.33. The van der Waals surface area contributed by atoms with Crippen LogP contribution in [0.15, 0.2) is 23.2 Å². The van der Waals surface area contributed by atoms with E-state index in [4.69, 9.17) is 10.0 Å². The number of allylic oxidation sites excluding steroid dienone is 3. The van der Waals surface area contributed by atoms with Gasteiger partial charge in [-0.05, 0) is 19.3 Å². The van der Waals surface area contributed by atoms with Crippen LogP contribution in [0.5, 0.6) is 0 Å². The van der Waals surface area contributed by atoms with E-state index in [0.717, 1.165) is 0 Å². The van der Waals surface area contributed by atoms with Gasteiger partial charge in [0, 0.05) is 0 Å². The van der Waals surface area contributed by atoms with Crippen LogP contribution >= 0.6 is 0 Å². The Balaban J connectivity index is 5.11. The summed E-state index contributed by atoms with van der Waals surface area (Å²) in [6, 6.07) is 0. The molecular formula is C7H10BF3O2. The van der Waals surface area contributed by atoms with Gasteiger partial charge in [-0.15, -0.1) is 0 Å². The highest BCUT2D eigenvalue weighted by molar-refractivity contribution is 6.52. The van der Waals surface area contributed by atoms with Gasteiger partial charge in [-0.1, -0.05) is 12.2 Å². The molecule has 0 heterocycles.